The van der Waals surface area contributed by atoms with Gasteiger partial charge in [0.05, 0.1) is 24.3 Å². The first kappa shape index (κ1) is 22.8. The summed E-state index contributed by atoms with van der Waals surface area (Å²) in [5, 5.41) is 3.50. The van der Waals surface area contributed by atoms with E-state index in [0.717, 1.165) is 0 Å². The van der Waals surface area contributed by atoms with Crippen LogP contribution in [0.15, 0.2) is 23.3 Å². The molecule has 2 fully saturated rings. The van der Waals surface area contributed by atoms with Crippen LogP contribution < -0.4 is 15.5 Å². The predicted molar refractivity (Wildman–Crippen MR) is 112 cm³/mol. The molecule has 1 aromatic carbocycles. The van der Waals surface area contributed by atoms with Gasteiger partial charge in [-0.15, -0.1) is 0 Å². The zero-order valence-corrected chi connectivity index (χ0v) is 18.0. The van der Waals surface area contributed by atoms with Gasteiger partial charge in [-0.2, -0.15) is 0 Å². The average Bonchev–Trinajstić information content (AvgIpc) is 3.21. The van der Waals surface area contributed by atoms with Gasteiger partial charge in [-0.05, 0) is 57.8 Å². The average molecular weight is 434 g/mol. The van der Waals surface area contributed by atoms with Crippen molar-refractivity contribution in [1.82, 2.24) is 0 Å². The highest BCUT2D eigenvalue weighted by Gasteiger charge is 2.44. The quantitative estimate of drug-likeness (QED) is 0.247. The molecule has 2 aliphatic rings. The molecule has 2 saturated heterocycles. The van der Waals surface area contributed by atoms with Gasteiger partial charge in [-0.3, -0.25) is 9.59 Å². The van der Waals surface area contributed by atoms with Gasteiger partial charge in [0.2, 0.25) is 0 Å². The van der Waals surface area contributed by atoms with Crippen LogP contribution in [0.1, 0.15) is 34.1 Å². The van der Waals surface area contributed by atoms with Crippen LogP contribution >= 0.6 is 0 Å². The second-order valence-electron chi connectivity index (χ2n) is 8.81. The van der Waals surface area contributed by atoms with Gasteiger partial charge in [0, 0.05) is 17.1 Å². The molecule has 0 saturated carbocycles. The molecule has 2 aliphatic heterocycles. The van der Waals surface area contributed by atoms with Crippen molar-refractivity contribution in [2.45, 2.75) is 57.8 Å². The van der Waals surface area contributed by atoms with E-state index in [1.165, 1.54) is 17.9 Å². The maximum Gasteiger partial charge on any atom is 0.313 e. The second kappa shape index (κ2) is 8.33. The van der Waals surface area contributed by atoms with Crippen LogP contribution in [0.2, 0.25) is 0 Å². The number of anilines is 2. The number of hydrogen-bond acceptors (Lipinski definition) is 8. The molecule has 0 bridgehead atoms. The van der Waals surface area contributed by atoms with Crippen LogP contribution in [0.5, 0.6) is 0 Å². The largest absolute Gasteiger partial charge is 0.460 e. The van der Waals surface area contributed by atoms with E-state index in [-0.39, 0.29) is 12.2 Å². The van der Waals surface area contributed by atoms with Crippen molar-refractivity contribution in [3.05, 3.63) is 34.5 Å². The fourth-order valence-corrected chi connectivity index (χ4v) is 3.91. The lowest BCUT2D eigenvalue weighted by molar-refractivity contribution is -0.160. The third kappa shape index (κ3) is 4.58. The van der Waals surface area contributed by atoms with Gasteiger partial charge in [-0.1, -0.05) is 5.11 Å². The molecule has 2 heterocycles. The number of esters is 1. The minimum absolute atomic E-state index is 0.0992. The Morgan fingerprint density at radius 3 is 2.77 bits per heavy atom. The molecule has 2 unspecified atom stereocenters. The van der Waals surface area contributed by atoms with E-state index in [4.69, 9.17) is 20.7 Å². The van der Waals surface area contributed by atoms with Crippen molar-refractivity contribution in [2.75, 3.05) is 22.9 Å². The SMILES string of the molecule is CC(C)(C)OC(=O)[C@@H]1CCN(c2ccc(N3C[C@H](N=[N+]=[N-])OC3(C)C=O)cc2F)C1N. The van der Waals surface area contributed by atoms with Crippen LogP contribution in [0.4, 0.5) is 15.8 Å². The van der Waals surface area contributed by atoms with Crippen LogP contribution in [0.3, 0.4) is 0 Å². The van der Waals surface area contributed by atoms with Crippen LogP contribution in [-0.4, -0.2) is 49.1 Å². The lowest BCUT2D eigenvalue weighted by Crippen LogP contribution is -2.45. The summed E-state index contributed by atoms with van der Waals surface area (Å²) in [6.07, 6.45) is -0.564. The molecule has 0 amide bonds. The summed E-state index contributed by atoms with van der Waals surface area (Å²) >= 11 is 0. The van der Waals surface area contributed by atoms with Crippen molar-refractivity contribution in [3.63, 3.8) is 0 Å². The molecule has 168 valence electrons. The first-order valence-electron chi connectivity index (χ1n) is 10.00. The van der Waals surface area contributed by atoms with Gasteiger partial charge in [0.25, 0.3) is 0 Å². The normalized spacial score (nSPS) is 28.4. The van der Waals surface area contributed by atoms with E-state index in [9.17, 15) is 9.59 Å². The first-order valence-corrected chi connectivity index (χ1v) is 10.00. The molecule has 0 aromatic heterocycles. The highest BCUT2D eigenvalue weighted by molar-refractivity contribution is 5.76. The molecule has 0 spiro atoms. The zero-order chi connectivity index (χ0) is 23.0. The minimum Gasteiger partial charge on any atom is -0.460 e. The monoisotopic (exact) mass is 434 g/mol. The number of benzene rings is 1. The van der Waals surface area contributed by atoms with Crippen LogP contribution in [0, 0.1) is 11.7 Å². The Morgan fingerprint density at radius 1 is 1.48 bits per heavy atom. The third-order valence-corrected chi connectivity index (χ3v) is 5.36. The van der Waals surface area contributed by atoms with Crippen molar-refractivity contribution in [3.8, 4) is 0 Å². The number of carbonyl (C=O) groups is 2. The highest BCUT2D eigenvalue weighted by atomic mass is 19.1. The molecule has 31 heavy (non-hydrogen) atoms. The number of halogens is 1. The molecule has 4 atom stereocenters. The lowest BCUT2D eigenvalue weighted by Gasteiger charge is -2.31. The second-order valence-corrected chi connectivity index (χ2v) is 8.81. The molecular formula is C20H27FN6O4. The highest BCUT2D eigenvalue weighted by Crippen LogP contribution is 2.36. The molecular weight excluding hydrogens is 407 g/mol. The number of rotatable bonds is 5. The Labute approximate surface area is 179 Å². The van der Waals surface area contributed by atoms with Crippen LogP contribution in [0.25, 0.3) is 10.4 Å². The summed E-state index contributed by atoms with van der Waals surface area (Å²) in [4.78, 5) is 29.9. The number of azide groups is 1. The van der Waals surface area contributed by atoms with Gasteiger partial charge in [0.15, 0.2) is 18.2 Å². The number of hydrogen-bond donors (Lipinski definition) is 1. The van der Waals surface area contributed by atoms with Crippen molar-refractivity contribution in [1.29, 1.82) is 0 Å². The Hall–Kier alpha value is -2.88. The Balaban J connectivity index is 1.81. The van der Waals surface area contributed by atoms with E-state index in [1.54, 1.807) is 37.8 Å². The summed E-state index contributed by atoms with van der Waals surface area (Å²) in [7, 11) is 0. The van der Waals surface area contributed by atoms with Crippen molar-refractivity contribution >= 4 is 23.6 Å². The van der Waals surface area contributed by atoms with E-state index >= 15 is 4.39 Å². The van der Waals surface area contributed by atoms with E-state index < -0.39 is 41.4 Å². The Kier molecular flexibility index (Phi) is 6.13. The number of ether oxygens (including phenoxy) is 2. The fraction of sp³-hybridized carbons (Fsp3) is 0.600. The molecule has 10 nitrogen and oxygen atoms in total. The maximum absolute atomic E-state index is 15.1. The first-order chi connectivity index (χ1) is 14.5. The van der Waals surface area contributed by atoms with E-state index in [2.05, 4.69) is 10.0 Å². The molecule has 0 aliphatic carbocycles. The van der Waals surface area contributed by atoms with Gasteiger partial charge >= 0.3 is 5.97 Å². The summed E-state index contributed by atoms with van der Waals surface area (Å²) in [6, 6.07) is 4.45. The standard InChI is InChI=1S/C20H27FN6O4/c1-19(2,3)31-18(29)13-7-8-26(17(13)22)15-6-5-12(9-14(15)21)27-10-16(24-25-23)30-20(27,4)11-28/h5-6,9,11,13,16-17H,7-8,10,22H2,1-4H3/t13-,16-,17?,20?/m1/s1. The van der Waals surface area contributed by atoms with Gasteiger partial charge < -0.3 is 25.0 Å². The van der Waals surface area contributed by atoms with Crippen LogP contribution in [-0.2, 0) is 19.1 Å². The number of carbonyl (C=O) groups excluding carboxylic acids is 2. The summed E-state index contributed by atoms with van der Waals surface area (Å²) in [5.41, 5.74) is 13.5. The maximum atomic E-state index is 15.1. The van der Waals surface area contributed by atoms with Gasteiger partial charge in [-0.25, -0.2) is 4.39 Å². The van der Waals surface area contributed by atoms with Crippen molar-refractivity contribution < 1.29 is 23.5 Å². The predicted octanol–water partition coefficient (Wildman–Crippen LogP) is 2.67. The Bertz CT molecular complexity index is 915. The smallest absolute Gasteiger partial charge is 0.313 e. The molecule has 3 rings (SSSR count). The minimum atomic E-state index is -1.39. The van der Waals surface area contributed by atoms with Gasteiger partial charge in [0.1, 0.15) is 11.4 Å². The van der Waals surface area contributed by atoms with E-state index in [0.29, 0.717) is 24.9 Å². The van der Waals surface area contributed by atoms with E-state index in [1.807, 2.05) is 0 Å². The summed E-state index contributed by atoms with van der Waals surface area (Å²) in [6.45, 7) is 7.36. The lowest BCUT2D eigenvalue weighted by atomic mass is 10.1. The van der Waals surface area contributed by atoms with Crippen molar-refractivity contribution in [2.24, 2.45) is 16.8 Å². The third-order valence-electron chi connectivity index (χ3n) is 5.36. The molecule has 11 heteroatoms. The zero-order valence-electron chi connectivity index (χ0n) is 18.0. The molecule has 1 aromatic rings. The Morgan fingerprint density at radius 2 is 2.19 bits per heavy atom. The molecule has 2 N–H and O–H groups in total. The summed E-state index contributed by atoms with van der Waals surface area (Å²) in [5.74, 6) is -1.52. The summed E-state index contributed by atoms with van der Waals surface area (Å²) < 4.78 is 26.0. The topological polar surface area (TPSA) is 134 Å². The number of nitrogens with two attached hydrogens (primary N) is 1. The number of nitrogens with zero attached hydrogens (tertiary/aromatic N) is 5. The fourth-order valence-electron chi connectivity index (χ4n) is 3.91. The number of aldehydes is 1. The molecule has 0 radical (unpaired) electrons.